The van der Waals surface area contributed by atoms with Crippen LogP contribution in [-0.2, 0) is 0 Å². The number of amides is 1. The maximum atomic E-state index is 12.5. The van der Waals surface area contributed by atoms with E-state index in [9.17, 15) is 4.79 Å². The minimum atomic E-state index is 0.0657. The Kier molecular flexibility index (Phi) is 4.24. The summed E-state index contributed by atoms with van der Waals surface area (Å²) in [7, 11) is 0. The van der Waals surface area contributed by atoms with E-state index in [0.717, 1.165) is 16.6 Å². The summed E-state index contributed by atoms with van der Waals surface area (Å²) in [5.41, 5.74) is 2.33. The molecular weight excluding hydrogens is 336 g/mol. The maximum absolute atomic E-state index is 12.5. The first-order valence-electron chi connectivity index (χ1n) is 8.24. The number of rotatable bonds is 2. The number of fused-ring (bicyclic) bond motifs is 1. The summed E-state index contributed by atoms with van der Waals surface area (Å²) in [5, 5.41) is 0.404. The summed E-state index contributed by atoms with van der Waals surface area (Å²) in [5.74, 6) is 0.753. The number of carbonyl (C=O) groups is 1. The van der Waals surface area contributed by atoms with E-state index in [4.69, 9.17) is 11.6 Å². The number of hydrogen-bond donors (Lipinski definition) is 0. The second-order valence-electron chi connectivity index (χ2n) is 5.97. The molecular formula is C19H17ClN4O. The molecule has 0 aliphatic carbocycles. The molecule has 0 atom stereocenters. The van der Waals surface area contributed by atoms with Crippen LogP contribution in [0.4, 0.5) is 5.82 Å². The van der Waals surface area contributed by atoms with E-state index in [1.54, 1.807) is 0 Å². The third-order valence-corrected chi connectivity index (χ3v) is 4.65. The minimum absolute atomic E-state index is 0.0657. The summed E-state index contributed by atoms with van der Waals surface area (Å²) in [4.78, 5) is 25.6. The molecule has 0 unspecified atom stereocenters. The van der Waals surface area contributed by atoms with Crippen LogP contribution >= 0.6 is 11.6 Å². The molecule has 1 saturated heterocycles. The van der Waals surface area contributed by atoms with Gasteiger partial charge in [-0.3, -0.25) is 4.79 Å². The number of carbonyl (C=O) groups excluding carboxylic acids is 1. The number of aromatic nitrogens is 2. The van der Waals surface area contributed by atoms with E-state index in [0.29, 0.717) is 37.1 Å². The molecule has 2 heterocycles. The van der Waals surface area contributed by atoms with E-state index in [2.05, 4.69) is 14.9 Å². The van der Waals surface area contributed by atoms with Crippen molar-refractivity contribution in [1.82, 2.24) is 14.9 Å². The highest BCUT2D eigenvalue weighted by Crippen LogP contribution is 2.25. The highest BCUT2D eigenvalue weighted by atomic mass is 35.5. The predicted octanol–water partition coefficient (Wildman–Crippen LogP) is 3.25. The van der Waals surface area contributed by atoms with Crippen molar-refractivity contribution < 1.29 is 4.79 Å². The average Bonchev–Trinajstić information content (AvgIpc) is 2.68. The van der Waals surface area contributed by atoms with Crippen molar-refractivity contribution in [2.45, 2.75) is 0 Å². The summed E-state index contributed by atoms with van der Waals surface area (Å²) >= 11 is 6.34. The third-order valence-electron chi connectivity index (χ3n) is 4.40. The van der Waals surface area contributed by atoms with Crippen LogP contribution in [-0.4, -0.2) is 47.0 Å². The fraction of sp³-hybridized carbons (Fsp3) is 0.211. The number of nitrogens with zero attached hydrogens (tertiary/aromatic N) is 4. The van der Waals surface area contributed by atoms with Crippen molar-refractivity contribution in [1.29, 1.82) is 0 Å². The van der Waals surface area contributed by atoms with Crippen LogP contribution in [0.3, 0.4) is 0 Å². The van der Waals surface area contributed by atoms with Gasteiger partial charge in [-0.15, -0.1) is 0 Å². The van der Waals surface area contributed by atoms with E-state index < -0.39 is 0 Å². The second kappa shape index (κ2) is 6.69. The van der Waals surface area contributed by atoms with Gasteiger partial charge in [-0.1, -0.05) is 41.9 Å². The molecule has 2 aromatic carbocycles. The average molecular weight is 353 g/mol. The van der Waals surface area contributed by atoms with Gasteiger partial charge in [0.05, 0.1) is 11.0 Å². The van der Waals surface area contributed by atoms with E-state index in [1.165, 1.54) is 0 Å². The van der Waals surface area contributed by atoms with Gasteiger partial charge >= 0.3 is 0 Å². The maximum Gasteiger partial charge on any atom is 0.253 e. The number of benzene rings is 2. The van der Waals surface area contributed by atoms with Crippen molar-refractivity contribution in [3.05, 3.63) is 65.3 Å². The molecule has 1 aliphatic rings. The first-order valence-corrected chi connectivity index (χ1v) is 8.62. The smallest absolute Gasteiger partial charge is 0.253 e. The molecule has 1 fully saturated rings. The fourth-order valence-corrected chi connectivity index (χ4v) is 3.31. The van der Waals surface area contributed by atoms with Gasteiger partial charge in [-0.25, -0.2) is 9.97 Å². The van der Waals surface area contributed by atoms with Gasteiger partial charge in [0.1, 0.15) is 0 Å². The SMILES string of the molecule is O=C(c1ccccc1)N1CCN(c2nc3ccccc3nc2Cl)CC1. The Hall–Kier alpha value is -2.66. The zero-order chi connectivity index (χ0) is 17.2. The van der Waals surface area contributed by atoms with Crippen molar-refractivity contribution >= 4 is 34.4 Å². The molecule has 0 bridgehead atoms. The first-order chi connectivity index (χ1) is 12.2. The van der Waals surface area contributed by atoms with Crippen LogP contribution in [0, 0.1) is 0 Å². The topological polar surface area (TPSA) is 49.3 Å². The molecule has 0 saturated carbocycles. The van der Waals surface area contributed by atoms with Crippen LogP contribution in [0.25, 0.3) is 11.0 Å². The lowest BCUT2D eigenvalue weighted by Crippen LogP contribution is -2.49. The van der Waals surface area contributed by atoms with Crippen molar-refractivity contribution in [2.75, 3.05) is 31.1 Å². The summed E-state index contributed by atoms with van der Waals surface area (Å²) < 4.78 is 0. The monoisotopic (exact) mass is 352 g/mol. The van der Waals surface area contributed by atoms with Gasteiger partial charge in [-0.2, -0.15) is 0 Å². The van der Waals surface area contributed by atoms with Crippen molar-refractivity contribution in [3.63, 3.8) is 0 Å². The molecule has 126 valence electrons. The molecule has 1 amide bonds. The number of halogens is 1. The van der Waals surface area contributed by atoms with Gasteiger partial charge in [0, 0.05) is 31.7 Å². The van der Waals surface area contributed by atoms with Crippen LogP contribution in [0.2, 0.25) is 5.15 Å². The highest BCUT2D eigenvalue weighted by Gasteiger charge is 2.24. The van der Waals surface area contributed by atoms with E-state index >= 15 is 0 Å². The molecule has 5 nitrogen and oxygen atoms in total. The van der Waals surface area contributed by atoms with Crippen molar-refractivity contribution in [2.24, 2.45) is 0 Å². The van der Waals surface area contributed by atoms with Gasteiger partial charge in [0.15, 0.2) is 11.0 Å². The molecule has 6 heteroatoms. The molecule has 0 spiro atoms. The normalized spacial score (nSPS) is 14.8. The lowest BCUT2D eigenvalue weighted by Gasteiger charge is -2.35. The predicted molar refractivity (Wildman–Crippen MR) is 99.1 cm³/mol. The van der Waals surface area contributed by atoms with Gasteiger partial charge in [0.25, 0.3) is 5.91 Å². The van der Waals surface area contributed by atoms with E-state index in [1.807, 2.05) is 59.5 Å². The molecule has 1 aliphatic heterocycles. The Morgan fingerprint density at radius 1 is 0.840 bits per heavy atom. The zero-order valence-corrected chi connectivity index (χ0v) is 14.4. The molecule has 3 aromatic rings. The standard InChI is InChI=1S/C19H17ClN4O/c20-17-18(22-16-9-5-4-8-15(16)21-17)23-10-12-24(13-11-23)19(25)14-6-2-1-3-7-14/h1-9H,10-13H2. The largest absolute Gasteiger partial charge is 0.350 e. The molecule has 0 radical (unpaired) electrons. The Morgan fingerprint density at radius 3 is 2.12 bits per heavy atom. The second-order valence-corrected chi connectivity index (χ2v) is 6.33. The minimum Gasteiger partial charge on any atom is -0.350 e. The molecule has 0 N–H and O–H groups in total. The number of hydrogen-bond acceptors (Lipinski definition) is 4. The Bertz CT molecular complexity index is 908. The lowest BCUT2D eigenvalue weighted by atomic mass is 10.2. The van der Waals surface area contributed by atoms with Crippen LogP contribution in [0.5, 0.6) is 0 Å². The van der Waals surface area contributed by atoms with Crippen LogP contribution < -0.4 is 4.90 Å². The van der Waals surface area contributed by atoms with Crippen LogP contribution in [0.1, 0.15) is 10.4 Å². The summed E-state index contributed by atoms with van der Waals surface area (Å²) in [6.07, 6.45) is 0. The third kappa shape index (κ3) is 3.15. The van der Waals surface area contributed by atoms with Gasteiger partial charge < -0.3 is 9.80 Å². The van der Waals surface area contributed by atoms with Crippen LogP contribution in [0.15, 0.2) is 54.6 Å². The number of para-hydroxylation sites is 2. The summed E-state index contributed by atoms with van der Waals surface area (Å²) in [6, 6.07) is 17.1. The Labute approximate surface area is 150 Å². The summed E-state index contributed by atoms with van der Waals surface area (Å²) in [6.45, 7) is 2.65. The number of anilines is 1. The zero-order valence-electron chi connectivity index (χ0n) is 13.6. The Balaban J connectivity index is 1.50. The van der Waals surface area contributed by atoms with E-state index in [-0.39, 0.29) is 5.91 Å². The number of piperazine rings is 1. The first kappa shape index (κ1) is 15.8. The van der Waals surface area contributed by atoms with Gasteiger partial charge in [-0.05, 0) is 24.3 Å². The Morgan fingerprint density at radius 2 is 1.44 bits per heavy atom. The van der Waals surface area contributed by atoms with Gasteiger partial charge in [0.2, 0.25) is 0 Å². The molecule has 1 aromatic heterocycles. The molecule has 4 rings (SSSR count). The molecule has 25 heavy (non-hydrogen) atoms. The quantitative estimate of drug-likeness (QED) is 0.710. The fourth-order valence-electron chi connectivity index (χ4n) is 3.06. The lowest BCUT2D eigenvalue weighted by molar-refractivity contribution is 0.0746. The highest BCUT2D eigenvalue weighted by molar-refractivity contribution is 6.32. The van der Waals surface area contributed by atoms with Crippen molar-refractivity contribution in [3.8, 4) is 0 Å².